The molecule has 0 amide bonds. The maximum atomic E-state index is 13.7. The van der Waals surface area contributed by atoms with E-state index in [0.717, 1.165) is 24.7 Å². The number of aromatic nitrogens is 1. The summed E-state index contributed by atoms with van der Waals surface area (Å²) in [4.78, 5) is 15.5. The van der Waals surface area contributed by atoms with Crippen LogP contribution in [0, 0.1) is 17.5 Å². The summed E-state index contributed by atoms with van der Waals surface area (Å²) in [6, 6.07) is 1.20. The van der Waals surface area contributed by atoms with Gasteiger partial charge >= 0.3 is 6.18 Å². The maximum Gasteiger partial charge on any atom is 0.435 e. The number of hydrogen-bond acceptors (Lipinski definition) is 7. The molecule has 0 aliphatic carbocycles. The highest BCUT2D eigenvalue weighted by Crippen LogP contribution is 2.38. The maximum absolute atomic E-state index is 13.7. The Kier molecular flexibility index (Phi) is 8.49. The van der Waals surface area contributed by atoms with E-state index in [-0.39, 0.29) is 28.6 Å². The minimum Gasteiger partial charge on any atom is -0.404 e. The highest BCUT2D eigenvalue weighted by Gasteiger charge is 2.52. The van der Waals surface area contributed by atoms with E-state index in [1.165, 1.54) is 6.92 Å². The van der Waals surface area contributed by atoms with E-state index in [4.69, 9.17) is 32.5 Å². The first kappa shape index (κ1) is 29.5. The third-order valence-electron chi connectivity index (χ3n) is 5.90. The normalized spacial score (nSPS) is 26.1. The summed E-state index contributed by atoms with van der Waals surface area (Å²) >= 11 is 5.85. The molecule has 1 aromatic heterocycles. The van der Waals surface area contributed by atoms with E-state index < -0.39 is 71.3 Å². The van der Waals surface area contributed by atoms with Crippen LogP contribution >= 0.6 is 11.6 Å². The fourth-order valence-electron chi connectivity index (χ4n) is 4.04. The molecule has 5 unspecified atom stereocenters. The minimum atomic E-state index is -4.90. The van der Waals surface area contributed by atoms with Gasteiger partial charge < -0.3 is 26.0 Å². The van der Waals surface area contributed by atoms with E-state index >= 15 is 0 Å². The van der Waals surface area contributed by atoms with Crippen LogP contribution in [0.2, 0.25) is 5.02 Å². The topological polar surface area (TPSA) is 141 Å². The van der Waals surface area contributed by atoms with Gasteiger partial charge in [-0.3, -0.25) is 4.99 Å². The lowest BCUT2D eigenvalue weighted by atomic mass is 9.89. The van der Waals surface area contributed by atoms with E-state index in [1.807, 2.05) is 0 Å². The average molecular weight is 591 g/mol. The molecule has 0 bridgehead atoms. The van der Waals surface area contributed by atoms with E-state index in [0.29, 0.717) is 12.1 Å². The number of allylic oxidation sites excluding steroid dienone is 1. The molecular formula is C24H21ClF6N6O3. The number of alkyl halides is 3. The van der Waals surface area contributed by atoms with Crippen molar-refractivity contribution in [1.82, 2.24) is 4.98 Å². The van der Waals surface area contributed by atoms with Gasteiger partial charge in [-0.25, -0.2) is 28.1 Å². The zero-order chi connectivity index (χ0) is 29.4. The number of hydrogen-bond donors (Lipinski definition) is 3. The molecule has 9 nitrogen and oxygen atoms in total. The Labute approximate surface area is 227 Å². The van der Waals surface area contributed by atoms with Crippen LogP contribution in [-0.4, -0.2) is 65.0 Å². The molecule has 0 saturated carbocycles. The number of aliphatic hydroxyl groups is 1. The number of benzene rings is 1. The van der Waals surface area contributed by atoms with Gasteiger partial charge in [-0.1, -0.05) is 11.6 Å². The van der Waals surface area contributed by atoms with Crippen LogP contribution < -0.4 is 11.5 Å². The van der Waals surface area contributed by atoms with Gasteiger partial charge in [0.05, 0.1) is 23.2 Å². The Morgan fingerprint density at radius 2 is 1.88 bits per heavy atom. The van der Waals surface area contributed by atoms with E-state index in [2.05, 4.69) is 20.0 Å². The van der Waals surface area contributed by atoms with Gasteiger partial charge in [0.15, 0.2) is 29.0 Å². The second kappa shape index (κ2) is 11.5. The lowest BCUT2D eigenvalue weighted by Crippen LogP contribution is -2.66. The fourth-order valence-corrected chi connectivity index (χ4v) is 4.19. The molecular weight excluding hydrogens is 570 g/mol. The lowest BCUT2D eigenvalue weighted by Gasteiger charge is -2.48. The molecule has 2 aromatic rings. The lowest BCUT2D eigenvalue weighted by molar-refractivity contribution is -0.255. The second-order valence-corrected chi connectivity index (χ2v) is 9.21. The molecule has 40 heavy (non-hydrogen) atoms. The van der Waals surface area contributed by atoms with Crippen molar-refractivity contribution in [2.24, 2.45) is 26.4 Å². The van der Waals surface area contributed by atoms with Crippen LogP contribution in [0.3, 0.4) is 0 Å². The molecule has 214 valence electrons. The summed E-state index contributed by atoms with van der Waals surface area (Å²) in [7, 11) is 0. The van der Waals surface area contributed by atoms with E-state index in [1.54, 1.807) is 0 Å². The van der Waals surface area contributed by atoms with Crippen LogP contribution in [0.15, 0.2) is 45.6 Å². The number of nitrogens with zero attached hydrogens (tertiary/aromatic N) is 4. The molecule has 2 aliphatic rings. The molecule has 0 radical (unpaired) electrons. The van der Waals surface area contributed by atoms with Gasteiger partial charge in [0.1, 0.15) is 30.5 Å². The van der Waals surface area contributed by atoms with Crippen LogP contribution in [-0.2, 0) is 15.7 Å². The van der Waals surface area contributed by atoms with Crippen molar-refractivity contribution < 1.29 is 40.9 Å². The van der Waals surface area contributed by atoms with Gasteiger partial charge in [-0.05, 0) is 30.7 Å². The summed E-state index contributed by atoms with van der Waals surface area (Å²) in [6.07, 6.45) is -6.60. The third-order valence-corrected chi connectivity index (χ3v) is 6.11. The number of pyridine rings is 1. The largest absolute Gasteiger partial charge is 0.435 e. The summed E-state index contributed by atoms with van der Waals surface area (Å²) in [6.45, 7) is 1.40. The van der Waals surface area contributed by atoms with Gasteiger partial charge in [-0.2, -0.15) is 13.2 Å². The Morgan fingerprint density at radius 3 is 2.42 bits per heavy atom. The first-order chi connectivity index (χ1) is 18.8. The minimum absolute atomic E-state index is 0.0338. The molecule has 3 heterocycles. The van der Waals surface area contributed by atoms with Crippen LogP contribution in [0.4, 0.5) is 32.0 Å². The highest BCUT2D eigenvalue weighted by atomic mass is 35.5. The SMILES string of the molecule is CC(N)=NC(=Nc1cc(Cl)cnc1C(F)(F)F)C1OC2COC2C(N=C/C(=C\N)c2cc(F)c(F)c(F)c2)C1O. The van der Waals surface area contributed by atoms with Crippen molar-refractivity contribution in [2.75, 3.05) is 6.61 Å². The molecule has 2 fully saturated rings. The summed E-state index contributed by atoms with van der Waals surface area (Å²) in [5.41, 5.74) is 9.02. The van der Waals surface area contributed by atoms with Crippen molar-refractivity contribution in [3.8, 4) is 0 Å². The van der Waals surface area contributed by atoms with Crippen molar-refractivity contribution in [3.63, 3.8) is 0 Å². The summed E-state index contributed by atoms with van der Waals surface area (Å²) in [5, 5.41) is 11.0. The molecule has 5 atom stereocenters. The van der Waals surface area contributed by atoms with Gasteiger partial charge in [0.25, 0.3) is 0 Å². The summed E-state index contributed by atoms with van der Waals surface area (Å²) in [5.74, 6) is -5.12. The highest BCUT2D eigenvalue weighted by molar-refractivity contribution is 6.30. The number of rotatable bonds is 5. The molecule has 5 N–H and O–H groups in total. The van der Waals surface area contributed by atoms with Gasteiger partial charge in [-0.15, -0.1) is 0 Å². The van der Waals surface area contributed by atoms with Gasteiger partial charge in [0, 0.05) is 24.2 Å². The number of ether oxygens (including phenoxy) is 2. The molecule has 0 spiro atoms. The first-order valence-corrected chi connectivity index (χ1v) is 11.8. The average Bonchev–Trinajstić information content (AvgIpc) is 2.84. The molecule has 4 rings (SSSR count). The number of fused-ring (bicyclic) bond motifs is 1. The van der Waals surface area contributed by atoms with Crippen molar-refractivity contribution >= 4 is 40.7 Å². The Balaban J connectivity index is 1.72. The van der Waals surface area contributed by atoms with Crippen LogP contribution in [0.5, 0.6) is 0 Å². The predicted molar refractivity (Wildman–Crippen MR) is 134 cm³/mol. The van der Waals surface area contributed by atoms with Crippen molar-refractivity contribution in [3.05, 3.63) is 64.3 Å². The predicted octanol–water partition coefficient (Wildman–Crippen LogP) is 3.54. The fraction of sp³-hybridized carbons (Fsp3) is 0.333. The Hall–Kier alpha value is -3.53. The first-order valence-electron chi connectivity index (χ1n) is 11.5. The number of amidine groups is 2. The quantitative estimate of drug-likeness (QED) is 0.211. The molecule has 1 aromatic carbocycles. The number of halogens is 7. The molecule has 16 heteroatoms. The number of aliphatic hydroxyl groups excluding tert-OH is 1. The molecule has 2 saturated heterocycles. The standard InChI is InChI=1S/C24H21ClF6N6O3/c1-9(33)36-23(37-15-4-12(25)7-35-22(15)24(29,30)31)21-19(38)18(20-16(40-21)8-39-20)34-6-11(5-32)10-2-13(26)17(28)14(27)3-10/h2-7,16,18-21,38H,8,32H2,1H3,(H2,33,36,37)/b11-5+,34-6?. The van der Waals surface area contributed by atoms with Crippen LogP contribution in [0.25, 0.3) is 5.57 Å². The number of aliphatic imine (C=N–C) groups is 3. The van der Waals surface area contributed by atoms with Gasteiger partial charge in [0.2, 0.25) is 0 Å². The van der Waals surface area contributed by atoms with Crippen molar-refractivity contribution in [2.45, 2.75) is 43.6 Å². The molecule has 2 aliphatic heterocycles. The zero-order valence-corrected chi connectivity index (χ0v) is 21.2. The Bertz CT molecular complexity index is 1390. The smallest absolute Gasteiger partial charge is 0.404 e. The Morgan fingerprint density at radius 1 is 1.20 bits per heavy atom. The van der Waals surface area contributed by atoms with Crippen molar-refractivity contribution in [1.29, 1.82) is 0 Å². The number of nitrogens with two attached hydrogens (primary N) is 2. The summed E-state index contributed by atoms with van der Waals surface area (Å²) < 4.78 is 92.9. The third kappa shape index (κ3) is 6.11. The zero-order valence-electron chi connectivity index (χ0n) is 20.4. The second-order valence-electron chi connectivity index (χ2n) is 8.77. The van der Waals surface area contributed by atoms with Crippen LogP contribution in [0.1, 0.15) is 18.2 Å². The van der Waals surface area contributed by atoms with E-state index in [9.17, 15) is 31.4 Å². The monoisotopic (exact) mass is 590 g/mol.